The zero-order valence-corrected chi connectivity index (χ0v) is 12.0. The third-order valence-electron chi connectivity index (χ3n) is 2.91. The Morgan fingerprint density at radius 3 is 2.90 bits per heavy atom. The van der Waals surface area contributed by atoms with E-state index in [-0.39, 0.29) is 0 Å². The van der Waals surface area contributed by atoms with E-state index in [1.165, 1.54) is 0 Å². The highest BCUT2D eigenvalue weighted by Crippen LogP contribution is 2.19. The van der Waals surface area contributed by atoms with Crippen LogP contribution in [0.3, 0.4) is 0 Å². The molecule has 0 atom stereocenters. The lowest BCUT2D eigenvalue weighted by molar-refractivity contribution is 1.05. The van der Waals surface area contributed by atoms with Crippen molar-refractivity contribution in [1.82, 2.24) is 15.0 Å². The Bertz CT molecular complexity index is 815. The molecular weight excluding hydrogens is 320 g/mol. The van der Waals surface area contributed by atoms with E-state index in [9.17, 15) is 4.79 Å². The number of halogens is 1. The normalized spacial score (nSPS) is 10.7. The summed E-state index contributed by atoms with van der Waals surface area (Å²) in [6.07, 6.45) is 1.63. The summed E-state index contributed by atoms with van der Waals surface area (Å²) in [4.78, 5) is 22.2. The van der Waals surface area contributed by atoms with E-state index >= 15 is 0 Å². The van der Waals surface area contributed by atoms with E-state index in [2.05, 4.69) is 36.2 Å². The van der Waals surface area contributed by atoms with Crippen molar-refractivity contribution in [2.24, 2.45) is 0 Å². The minimum absolute atomic E-state index is 0.411. The van der Waals surface area contributed by atoms with Crippen molar-refractivity contribution in [3.05, 3.63) is 63.1 Å². The van der Waals surface area contributed by atoms with Crippen molar-refractivity contribution in [2.75, 3.05) is 5.32 Å². The molecule has 0 unspecified atom stereocenters. The molecule has 0 bridgehead atoms. The first kappa shape index (κ1) is 12.8. The highest BCUT2D eigenvalue weighted by atomic mass is 79.9. The Labute approximate surface area is 123 Å². The standard InChI is InChI=1S/C14H11BrN4O/c15-11-6-2-1-4-9(11)8-17-13-10-5-3-7-16-12(10)18-14(20)19-13/h1-7H,8H2,(H2,16,17,18,19,20). The first-order valence-electron chi connectivity index (χ1n) is 6.06. The molecule has 0 radical (unpaired) electrons. The van der Waals surface area contributed by atoms with Gasteiger partial charge in [-0.3, -0.25) is 4.98 Å². The Kier molecular flexibility index (Phi) is 3.47. The third-order valence-corrected chi connectivity index (χ3v) is 3.68. The van der Waals surface area contributed by atoms with E-state index in [0.717, 1.165) is 15.4 Å². The molecule has 0 aliphatic carbocycles. The van der Waals surface area contributed by atoms with Gasteiger partial charge in [-0.05, 0) is 23.8 Å². The molecule has 0 amide bonds. The van der Waals surface area contributed by atoms with Gasteiger partial charge in [-0.25, -0.2) is 9.78 Å². The van der Waals surface area contributed by atoms with E-state index in [1.54, 1.807) is 6.20 Å². The number of benzene rings is 1. The number of fused-ring (bicyclic) bond motifs is 1. The Morgan fingerprint density at radius 1 is 1.20 bits per heavy atom. The molecule has 2 aromatic heterocycles. The summed E-state index contributed by atoms with van der Waals surface area (Å²) in [5.74, 6) is 0.535. The van der Waals surface area contributed by atoms with Gasteiger partial charge in [-0.15, -0.1) is 0 Å². The number of H-pyrrole nitrogens is 1. The predicted molar refractivity (Wildman–Crippen MR) is 81.6 cm³/mol. The minimum Gasteiger partial charge on any atom is -0.365 e. The molecule has 0 saturated carbocycles. The van der Waals surface area contributed by atoms with Crippen LogP contribution in [0.2, 0.25) is 0 Å². The van der Waals surface area contributed by atoms with Crippen LogP contribution in [0.25, 0.3) is 11.0 Å². The van der Waals surface area contributed by atoms with Crippen molar-refractivity contribution in [3.8, 4) is 0 Å². The minimum atomic E-state index is -0.411. The molecule has 0 spiro atoms. The topological polar surface area (TPSA) is 70.7 Å². The van der Waals surface area contributed by atoms with Gasteiger partial charge in [0.1, 0.15) is 11.5 Å². The van der Waals surface area contributed by atoms with Crippen LogP contribution >= 0.6 is 15.9 Å². The Morgan fingerprint density at radius 2 is 2.05 bits per heavy atom. The quantitative estimate of drug-likeness (QED) is 0.774. The summed E-state index contributed by atoms with van der Waals surface area (Å²) >= 11 is 3.49. The smallest absolute Gasteiger partial charge is 0.348 e. The second-order valence-electron chi connectivity index (χ2n) is 4.24. The fraction of sp³-hybridized carbons (Fsp3) is 0.0714. The maximum Gasteiger partial charge on any atom is 0.348 e. The lowest BCUT2D eigenvalue weighted by Crippen LogP contribution is -2.14. The lowest BCUT2D eigenvalue weighted by atomic mass is 10.2. The molecule has 1 aromatic carbocycles. The fourth-order valence-corrected chi connectivity index (χ4v) is 2.37. The molecule has 3 rings (SSSR count). The number of nitrogens with zero attached hydrogens (tertiary/aromatic N) is 2. The molecule has 0 fully saturated rings. The molecular formula is C14H11BrN4O. The molecule has 0 saturated heterocycles. The second kappa shape index (κ2) is 5.42. The zero-order chi connectivity index (χ0) is 13.9. The molecule has 0 aliphatic heterocycles. The maximum absolute atomic E-state index is 11.5. The number of rotatable bonds is 3. The van der Waals surface area contributed by atoms with Crippen LogP contribution < -0.4 is 11.0 Å². The SMILES string of the molecule is O=c1nc(NCc2ccccc2Br)c2cccnc2[nH]1. The molecule has 2 heterocycles. The highest BCUT2D eigenvalue weighted by Gasteiger charge is 2.06. The van der Waals surface area contributed by atoms with E-state index < -0.39 is 5.69 Å². The molecule has 20 heavy (non-hydrogen) atoms. The molecule has 2 N–H and O–H groups in total. The van der Waals surface area contributed by atoms with Crippen LogP contribution in [0.4, 0.5) is 5.82 Å². The second-order valence-corrected chi connectivity index (χ2v) is 5.09. The van der Waals surface area contributed by atoms with E-state index in [4.69, 9.17) is 0 Å². The first-order chi connectivity index (χ1) is 9.74. The zero-order valence-electron chi connectivity index (χ0n) is 10.4. The van der Waals surface area contributed by atoms with Crippen molar-refractivity contribution in [1.29, 1.82) is 0 Å². The van der Waals surface area contributed by atoms with Crippen molar-refractivity contribution in [2.45, 2.75) is 6.54 Å². The number of anilines is 1. The fourth-order valence-electron chi connectivity index (χ4n) is 1.94. The lowest BCUT2D eigenvalue weighted by Gasteiger charge is -2.09. The van der Waals surface area contributed by atoms with Gasteiger partial charge in [0.2, 0.25) is 0 Å². The first-order valence-corrected chi connectivity index (χ1v) is 6.85. The van der Waals surface area contributed by atoms with Crippen LogP contribution in [0, 0.1) is 0 Å². The molecule has 3 aromatic rings. The van der Waals surface area contributed by atoms with Gasteiger partial charge < -0.3 is 5.32 Å². The number of aromatic nitrogens is 3. The van der Waals surface area contributed by atoms with Gasteiger partial charge in [0.25, 0.3) is 0 Å². The number of hydrogen-bond donors (Lipinski definition) is 2. The van der Waals surface area contributed by atoms with Crippen molar-refractivity contribution < 1.29 is 0 Å². The predicted octanol–water partition coefficient (Wildman–Crippen LogP) is 2.69. The summed E-state index contributed by atoms with van der Waals surface area (Å²) in [5.41, 5.74) is 1.21. The summed E-state index contributed by atoms with van der Waals surface area (Å²) in [6.45, 7) is 0.571. The third kappa shape index (κ3) is 2.55. The van der Waals surface area contributed by atoms with Crippen LogP contribution in [0.1, 0.15) is 5.56 Å². The van der Waals surface area contributed by atoms with Crippen LogP contribution in [-0.2, 0) is 6.54 Å². The molecule has 100 valence electrons. The van der Waals surface area contributed by atoms with Gasteiger partial charge >= 0.3 is 5.69 Å². The number of aromatic amines is 1. The monoisotopic (exact) mass is 330 g/mol. The van der Waals surface area contributed by atoms with E-state index in [1.807, 2.05) is 36.4 Å². The number of pyridine rings is 1. The maximum atomic E-state index is 11.5. The molecule has 5 nitrogen and oxygen atoms in total. The van der Waals surface area contributed by atoms with Crippen LogP contribution in [-0.4, -0.2) is 15.0 Å². The Balaban J connectivity index is 1.95. The summed E-state index contributed by atoms with van der Waals surface area (Å²) in [7, 11) is 0. The average Bonchev–Trinajstić information content (AvgIpc) is 2.46. The van der Waals surface area contributed by atoms with E-state index in [0.29, 0.717) is 18.0 Å². The van der Waals surface area contributed by atoms with Gasteiger partial charge in [0, 0.05) is 17.2 Å². The summed E-state index contributed by atoms with van der Waals surface area (Å²) in [6, 6.07) is 11.6. The molecule has 6 heteroatoms. The molecule has 0 aliphatic rings. The van der Waals surface area contributed by atoms with Gasteiger partial charge in [0.15, 0.2) is 0 Å². The average molecular weight is 331 g/mol. The van der Waals surface area contributed by atoms with Crippen molar-refractivity contribution >= 4 is 32.8 Å². The summed E-state index contributed by atoms with van der Waals surface area (Å²) in [5, 5.41) is 3.98. The summed E-state index contributed by atoms with van der Waals surface area (Å²) < 4.78 is 1.01. The van der Waals surface area contributed by atoms with Crippen molar-refractivity contribution in [3.63, 3.8) is 0 Å². The number of hydrogen-bond acceptors (Lipinski definition) is 4. The van der Waals surface area contributed by atoms with Gasteiger partial charge in [-0.1, -0.05) is 34.1 Å². The van der Waals surface area contributed by atoms with Crippen LogP contribution in [0.5, 0.6) is 0 Å². The highest BCUT2D eigenvalue weighted by molar-refractivity contribution is 9.10. The Hall–Kier alpha value is -2.21. The van der Waals surface area contributed by atoms with Crippen LogP contribution in [0.15, 0.2) is 51.9 Å². The van der Waals surface area contributed by atoms with Gasteiger partial charge in [-0.2, -0.15) is 4.98 Å². The largest absolute Gasteiger partial charge is 0.365 e. The number of nitrogens with one attached hydrogen (secondary N) is 2. The van der Waals surface area contributed by atoms with Gasteiger partial charge in [0.05, 0.1) is 5.39 Å².